The van der Waals surface area contributed by atoms with Gasteiger partial charge in [0.15, 0.2) is 0 Å². The molecule has 2 heteroatoms. The number of thioether (sulfide) groups is 1. The molecule has 0 saturated heterocycles. The first-order chi connectivity index (χ1) is 13.8. The Labute approximate surface area is 173 Å². The van der Waals surface area contributed by atoms with E-state index in [9.17, 15) is 0 Å². The fourth-order valence-electron chi connectivity index (χ4n) is 3.48. The monoisotopic (exact) mass is 396 g/mol. The highest BCUT2D eigenvalue weighted by Gasteiger charge is 2.18. The number of hydrogen-bond acceptors (Lipinski definition) is 1. The molecule has 0 fully saturated rings. The summed E-state index contributed by atoms with van der Waals surface area (Å²) in [4.78, 5) is 1.33. The van der Waals surface area contributed by atoms with Crippen LogP contribution in [0.1, 0.15) is 11.1 Å². The number of hydrogen-bond donors (Lipinski definition) is 0. The molecular formula is C26H24SSi. The van der Waals surface area contributed by atoms with E-state index in [0.29, 0.717) is 0 Å². The van der Waals surface area contributed by atoms with E-state index >= 15 is 0 Å². The molecule has 0 atom stereocenters. The molecule has 0 spiro atoms. The Kier molecular flexibility index (Phi) is 6.10. The van der Waals surface area contributed by atoms with Crippen molar-refractivity contribution in [2.45, 2.75) is 17.6 Å². The Morgan fingerprint density at radius 3 is 1.61 bits per heavy atom. The Bertz CT molecular complexity index is 954. The average molecular weight is 397 g/mol. The van der Waals surface area contributed by atoms with Gasteiger partial charge in [0.05, 0.1) is 0 Å². The third-order valence-corrected chi connectivity index (χ3v) is 9.24. The lowest BCUT2D eigenvalue weighted by Crippen LogP contribution is -2.51. The smallest absolute Gasteiger partial charge is 0.121 e. The lowest BCUT2D eigenvalue weighted by molar-refractivity contribution is 1.35. The van der Waals surface area contributed by atoms with Crippen LogP contribution in [0, 0.1) is 6.92 Å². The summed E-state index contributed by atoms with van der Waals surface area (Å²) in [5.74, 6) is 1.01. The van der Waals surface area contributed by atoms with E-state index in [-0.39, 0.29) is 0 Å². The van der Waals surface area contributed by atoms with E-state index in [0.717, 1.165) is 5.75 Å². The van der Waals surface area contributed by atoms with Crippen LogP contribution < -0.4 is 15.6 Å². The van der Waals surface area contributed by atoms with Crippen molar-refractivity contribution < 1.29 is 0 Å². The molecule has 4 rings (SSSR count). The summed E-state index contributed by atoms with van der Waals surface area (Å²) in [5.41, 5.74) is 2.69. The summed E-state index contributed by atoms with van der Waals surface area (Å²) >= 11 is 1.91. The van der Waals surface area contributed by atoms with E-state index in [1.54, 1.807) is 0 Å². The van der Waals surface area contributed by atoms with E-state index in [1.165, 1.54) is 31.6 Å². The zero-order valence-electron chi connectivity index (χ0n) is 16.1. The van der Waals surface area contributed by atoms with Crippen LogP contribution >= 0.6 is 11.8 Å². The highest BCUT2D eigenvalue weighted by atomic mass is 32.2. The van der Waals surface area contributed by atoms with Crippen molar-refractivity contribution in [3.8, 4) is 0 Å². The molecule has 0 heterocycles. The van der Waals surface area contributed by atoms with Crippen LogP contribution in [0.3, 0.4) is 0 Å². The van der Waals surface area contributed by atoms with Crippen molar-refractivity contribution in [1.29, 1.82) is 0 Å². The van der Waals surface area contributed by atoms with Crippen molar-refractivity contribution >= 4 is 36.1 Å². The van der Waals surface area contributed by atoms with Crippen molar-refractivity contribution in [2.75, 3.05) is 0 Å². The van der Waals surface area contributed by atoms with Crippen molar-refractivity contribution in [3.05, 3.63) is 120 Å². The van der Waals surface area contributed by atoms with Crippen LogP contribution in [0.5, 0.6) is 0 Å². The zero-order chi connectivity index (χ0) is 19.2. The topological polar surface area (TPSA) is 0 Å². The van der Waals surface area contributed by atoms with E-state index in [4.69, 9.17) is 0 Å². The van der Waals surface area contributed by atoms with Gasteiger partial charge in [-0.3, -0.25) is 0 Å². The van der Waals surface area contributed by atoms with Crippen LogP contribution in [0.2, 0.25) is 0 Å². The van der Waals surface area contributed by atoms with Crippen LogP contribution in [0.15, 0.2) is 114 Å². The predicted molar refractivity (Wildman–Crippen MR) is 126 cm³/mol. The highest BCUT2D eigenvalue weighted by molar-refractivity contribution is 7.98. The minimum absolute atomic E-state index is 1.01. The molecule has 0 aliphatic rings. The Morgan fingerprint density at radius 2 is 1.07 bits per heavy atom. The first-order valence-corrected chi connectivity index (χ1v) is 12.4. The average Bonchev–Trinajstić information content (AvgIpc) is 2.76. The number of aryl methyl sites for hydroxylation is 1. The van der Waals surface area contributed by atoms with E-state index in [2.05, 4.69) is 116 Å². The molecule has 0 aliphatic heterocycles. The van der Waals surface area contributed by atoms with Crippen LogP contribution in [0.25, 0.3) is 0 Å². The summed E-state index contributed by atoms with van der Waals surface area (Å²) in [6.07, 6.45) is 0. The quantitative estimate of drug-likeness (QED) is 0.262. The number of benzene rings is 4. The van der Waals surface area contributed by atoms with Crippen LogP contribution in [-0.4, -0.2) is 8.80 Å². The molecule has 28 heavy (non-hydrogen) atoms. The minimum Gasteiger partial charge on any atom is -0.121 e. The Morgan fingerprint density at radius 1 is 0.571 bits per heavy atom. The molecule has 0 nitrogen and oxygen atoms in total. The Balaban J connectivity index is 1.55. The summed E-state index contributed by atoms with van der Waals surface area (Å²) in [6.45, 7) is 2.13. The fraction of sp³-hybridized carbons (Fsp3) is 0.0769. The molecule has 138 valence electrons. The van der Waals surface area contributed by atoms with E-state index < -0.39 is 8.80 Å². The molecule has 4 aromatic rings. The van der Waals surface area contributed by atoms with Crippen molar-refractivity contribution in [2.24, 2.45) is 0 Å². The van der Waals surface area contributed by atoms with Gasteiger partial charge in [0.1, 0.15) is 8.80 Å². The molecule has 4 aromatic carbocycles. The molecule has 0 unspecified atom stereocenters. The predicted octanol–water partition coefficient (Wildman–Crippen LogP) is 4.54. The SMILES string of the molecule is Cc1ccc(CSc2ccc([SiH](c3ccccc3)c3ccccc3)cc2)cc1. The molecule has 0 bridgehead atoms. The van der Waals surface area contributed by atoms with Gasteiger partial charge in [0.2, 0.25) is 0 Å². The lowest BCUT2D eigenvalue weighted by Gasteiger charge is -2.17. The van der Waals surface area contributed by atoms with E-state index in [1.807, 2.05) is 11.8 Å². The van der Waals surface area contributed by atoms with Gasteiger partial charge in [-0.05, 0) is 24.6 Å². The first kappa shape index (κ1) is 18.8. The lowest BCUT2D eigenvalue weighted by atomic mass is 10.2. The van der Waals surface area contributed by atoms with Gasteiger partial charge in [-0.2, -0.15) is 0 Å². The van der Waals surface area contributed by atoms with Gasteiger partial charge in [-0.15, -0.1) is 11.8 Å². The number of rotatable bonds is 6. The van der Waals surface area contributed by atoms with Crippen LogP contribution in [-0.2, 0) is 5.75 Å². The van der Waals surface area contributed by atoms with Gasteiger partial charge in [0.25, 0.3) is 0 Å². The molecule has 0 amide bonds. The second-order valence-electron chi connectivity index (χ2n) is 7.10. The molecule has 0 saturated carbocycles. The second-order valence-corrected chi connectivity index (χ2v) is 11.0. The molecule has 0 radical (unpaired) electrons. The molecule has 0 N–H and O–H groups in total. The maximum atomic E-state index is 2.34. The van der Waals surface area contributed by atoms with Gasteiger partial charge in [0, 0.05) is 10.6 Å². The minimum atomic E-state index is -1.42. The van der Waals surface area contributed by atoms with Gasteiger partial charge in [-0.25, -0.2) is 0 Å². The standard InChI is InChI=1S/C26H24SSi/c1-21-12-14-22(15-13-21)20-27-23-16-18-26(19-17-23)28(24-8-4-2-5-9-24)25-10-6-3-7-11-25/h2-19,28H,20H2,1H3. The first-order valence-electron chi connectivity index (χ1n) is 9.68. The summed E-state index contributed by atoms with van der Waals surface area (Å²) in [7, 11) is -1.42. The summed E-state index contributed by atoms with van der Waals surface area (Å²) in [6, 6.07) is 40.1. The highest BCUT2D eigenvalue weighted by Crippen LogP contribution is 2.22. The van der Waals surface area contributed by atoms with Gasteiger partial charge in [-0.1, -0.05) is 118 Å². The zero-order valence-corrected chi connectivity index (χ0v) is 18.1. The molecular weight excluding hydrogens is 372 g/mol. The molecule has 0 aromatic heterocycles. The third-order valence-electron chi connectivity index (χ3n) is 5.01. The Hall–Kier alpha value is -2.55. The molecule has 0 aliphatic carbocycles. The second kappa shape index (κ2) is 9.09. The maximum Gasteiger partial charge on any atom is 0.132 e. The van der Waals surface area contributed by atoms with Crippen LogP contribution in [0.4, 0.5) is 0 Å². The normalized spacial score (nSPS) is 10.9. The summed E-state index contributed by atoms with van der Waals surface area (Å²) in [5, 5.41) is 4.40. The maximum absolute atomic E-state index is 2.34. The largest absolute Gasteiger partial charge is 0.132 e. The van der Waals surface area contributed by atoms with Crippen molar-refractivity contribution in [3.63, 3.8) is 0 Å². The third kappa shape index (κ3) is 4.64. The fourth-order valence-corrected chi connectivity index (χ4v) is 7.28. The summed E-state index contributed by atoms with van der Waals surface area (Å²) < 4.78 is 0. The van der Waals surface area contributed by atoms with Crippen molar-refractivity contribution in [1.82, 2.24) is 0 Å². The van der Waals surface area contributed by atoms with Gasteiger partial charge >= 0.3 is 0 Å². The van der Waals surface area contributed by atoms with Gasteiger partial charge < -0.3 is 0 Å².